The van der Waals surface area contributed by atoms with Crippen LogP contribution in [0.2, 0.25) is 0 Å². The standard InChI is InChI=1S/C23H24O2/c1-3-18-9-11-19(12-10-18)14-22-17(2)13-21(15-23(22)24)25-16-20-7-5-4-6-8-20/h4-13,15,24H,3,14,16H2,1-2H3. The summed E-state index contributed by atoms with van der Waals surface area (Å²) in [5.74, 6) is 0.992. The molecule has 3 rings (SSSR count). The Morgan fingerprint density at radius 1 is 0.840 bits per heavy atom. The molecule has 0 saturated carbocycles. The van der Waals surface area contributed by atoms with E-state index in [0.29, 0.717) is 18.1 Å². The molecular weight excluding hydrogens is 308 g/mol. The Bertz CT molecular complexity index is 797. The molecule has 0 spiro atoms. The van der Waals surface area contributed by atoms with E-state index in [0.717, 1.165) is 29.5 Å². The van der Waals surface area contributed by atoms with Crippen molar-refractivity contribution in [2.75, 3.05) is 0 Å². The first-order chi connectivity index (χ1) is 12.2. The molecular formula is C23H24O2. The van der Waals surface area contributed by atoms with Crippen LogP contribution in [0.1, 0.15) is 34.7 Å². The van der Waals surface area contributed by atoms with Gasteiger partial charge in [-0.25, -0.2) is 0 Å². The number of benzene rings is 3. The van der Waals surface area contributed by atoms with Gasteiger partial charge in [0.2, 0.25) is 0 Å². The fourth-order valence-electron chi connectivity index (χ4n) is 2.92. The van der Waals surface area contributed by atoms with Crippen molar-refractivity contribution in [1.29, 1.82) is 0 Å². The summed E-state index contributed by atoms with van der Waals surface area (Å²) in [6, 6.07) is 22.3. The van der Waals surface area contributed by atoms with Gasteiger partial charge in [0.05, 0.1) is 0 Å². The number of hydrogen-bond acceptors (Lipinski definition) is 2. The van der Waals surface area contributed by atoms with Crippen LogP contribution in [-0.4, -0.2) is 5.11 Å². The quantitative estimate of drug-likeness (QED) is 0.652. The van der Waals surface area contributed by atoms with E-state index in [2.05, 4.69) is 31.2 Å². The number of aromatic hydroxyl groups is 1. The maximum Gasteiger partial charge on any atom is 0.123 e. The fourth-order valence-corrected chi connectivity index (χ4v) is 2.92. The lowest BCUT2D eigenvalue weighted by Crippen LogP contribution is -1.98. The first kappa shape index (κ1) is 17.1. The average molecular weight is 332 g/mol. The Balaban J connectivity index is 1.73. The van der Waals surface area contributed by atoms with Crippen molar-refractivity contribution >= 4 is 0 Å². The highest BCUT2D eigenvalue weighted by atomic mass is 16.5. The highest BCUT2D eigenvalue weighted by Gasteiger charge is 2.09. The van der Waals surface area contributed by atoms with Gasteiger partial charge in [0.25, 0.3) is 0 Å². The van der Waals surface area contributed by atoms with E-state index < -0.39 is 0 Å². The molecule has 0 radical (unpaired) electrons. The summed E-state index contributed by atoms with van der Waals surface area (Å²) >= 11 is 0. The molecule has 0 saturated heterocycles. The maximum absolute atomic E-state index is 10.5. The molecule has 2 nitrogen and oxygen atoms in total. The molecule has 0 fully saturated rings. The first-order valence-corrected chi connectivity index (χ1v) is 8.72. The highest BCUT2D eigenvalue weighted by molar-refractivity contribution is 5.47. The second-order valence-electron chi connectivity index (χ2n) is 6.36. The summed E-state index contributed by atoms with van der Waals surface area (Å²) in [6.45, 7) is 4.67. The van der Waals surface area contributed by atoms with E-state index in [1.165, 1.54) is 11.1 Å². The van der Waals surface area contributed by atoms with Crippen molar-refractivity contribution in [3.05, 3.63) is 94.5 Å². The number of phenolic OH excluding ortho intramolecular Hbond substituents is 1. The Morgan fingerprint density at radius 3 is 2.16 bits per heavy atom. The lowest BCUT2D eigenvalue weighted by atomic mass is 9.98. The molecule has 2 heteroatoms. The summed E-state index contributed by atoms with van der Waals surface area (Å²) in [6.07, 6.45) is 1.76. The third-order valence-corrected chi connectivity index (χ3v) is 4.48. The molecule has 0 aromatic heterocycles. The zero-order valence-corrected chi connectivity index (χ0v) is 14.8. The molecule has 0 bridgehead atoms. The first-order valence-electron chi connectivity index (χ1n) is 8.72. The minimum absolute atomic E-state index is 0.294. The highest BCUT2D eigenvalue weighted by Crippen LogP contribution is 2.30. The maximum atomic E-state index is 10.5. The van der Waals surface area contributed by atoms with Crippen molar-refractivity contribution < 1.29 is 9.84 Å². The van der Waals surface area contributed by atoms with E-state index in [1.54, 1.807) is 6.07 Å². The van der Waals surface area contributed by atoms with E-state index in [4.69, 9.17) is 4.74 Å². The van der Waals surface area contributed by atoms with Crippen LogP contribution in [0.25, 0.3) is 0 Å². The van der Waals surface area contributed by atoms with Crippen molar-refractivity contribution in [3.63, 3.8) is 0 Å². The van der Waals surface area contributed by atoms with Gasteiger partial charge < -0.3 is 9.84 Å². The van der Waals surface area contributed by atoms with Gasteiger partial charge in [-0.3, -0.25) is 0 Å². The predicted molar refractivity (Wildman–Crippen MR) is 102 cm³/mol. The number of rotatable bonds is 6. The minimum Gasteiger partial charge on any atom is -0.508 e. The molecule has 0 amide bonds. The van der Waals surface area contributed by atoms with Crippen LogP contribution in [0, 0.1) is 6.92 Å². The Morgan fingerprint density at radius 2 is 1.52 bits per heavy atom. The van der Waals surface area contributed by atoms with Crippen molar-refractivity contribution in [1.82, 2.24) is 0 Å². The van der Waals surface area contributed by atoms with Crippen LogP contribution in [-0.2, 0) is 19.4 Å². The van der Waals surface area contributed by atoms with Gasteiger partial charge in [-0.15, -0.1) is 0 Å². The Labute approximate surface area is 149 Å². The fraction of sp³-hybridized carbons (Fsp3) is 0.217. The van der Waals surface area contributed by atoms with Crippen molar-refractivity contribution in [2.24, 2.45) is 0 Å². The van der Waals surface area contributed by atoms with Crippen LogP contribution >= 0.6 is 0 Å². The third kappa shape index (κ3) is 4.42. The van der Waals surface area contributed by atoms with Gasteiger partial charge in [-0.05, 0) is 41.7 Å². The molecule has 128 valence electrons. The van der Waals surface area contributed by atoms with Gasteiger partial charge in [0.1, 0.15) is 18.1 Å². The lowest BCUT2D eigenvalue weighted by molar-refractivity contribution is 0.304. The third-order valence-electron chi connectivity index (χ3n) is 4.48. The molecule has 0 atom stereocenters. The minimum atomic E-state index is 0.294. The Kier molecular flexibility index (Phi) is 5.39. The van der Waals surface area contributed by atoms with E-state index in [9.17, 15) is 5.11 Å². The molecule has 0 aliphatic carbocycles. The molecule has 3 aromatic carbocycles. The van der Waals surface area contributed by atoms with Crippen LogP contribution in [0.4, 0.5) is 0 Å². The zero-order chi connectivity index (χ0) is 17.6. The van der Waals surface area contributed by atoms with Gasteiger partial charge in [-0.2, -0.15) is 0 Å². The summed E-state index contributed by atoms with van der Waals surface area (Å²) in [4.78, 5) is 0. The normalized spacial score (nSPS) is 10.6. The largest absolute Gasteiger partial charge is 0.508 e. The van der Waals surface area contributed by atoms with Crippen LogP contribution < -0.4 is 4.74 Å². The van der Waals surface area contributed by atoms with Gasteiger partial charge >= 0.3 is 0 Å². The molecule has 0 unspecified atom stereocenters. The lowest BCUT2D eigenvalue weighted by Gasteiger charge is -2.13. The van der Waals surface area contributed by atoms with E-state index >= 15 is 0 Å². The summed E-state index contributed by atoms with van der Waals surface area (Å²) < 4.78 is 5.83. The zero-order valence-electron chi connectivity index (χ0n) is 14.8. The van der Waals surface area contributed by atoms with Crippen molar-refractivity contribution in [3.8, 4) is 11.5 Å². The molecule has 3 aromatic rings. The van der Waals surface area contributed by atoms with Crippen LogP contribution in [0.5, 0.6) is 11.5 Å². The van der Waals surface area contributed by atoms with Crippen molar-refractivity contribution in [2.45, 2.75) is 33.3 Å². The van der Waals surface area contributed by atoms with Crippen LogP contribution in [0.3, 0.4) is 0 Å². The Hall–Kier alpha value is -2.74. The predicted octanol–water partition coefficient (Wildman–Crippen LogP) is 5.43. The average Bonchev–Trinajstić information content (AvgIpc) is 2.64. The van der Waals surface area contributed by atoms with Gasteiger partial charge in [-0.1, -0.05) is 61.5 Å². The summed E-state index contributed by atoms with van der Waals surface area (Å²) in [5.41, 5.74) is 5.64. The SMILES string of the molecule is CCc1ccc(Cc2c(C)cc(OCc3ccccc3)cc2O)cc1. The molecule has 1 N–H and O–H groups in total. The molecule has 25 heavy (non-hydrogen) atoms. The number of aryl methyl sites for hydroxylation is 2. The van der Waals surface area contributed by atoms with Gasteiger partial charge in [0, 0.05) is 18.1 Å². The molecule has 0 aliphatic rings. The smallest absolute Gasteiger partial charge is 0.123 e. The monoisotopic (exact) mass is 332 g/mol. The number of ether oxygens (including phenoxy) is 1. The number of hydrogen-bond donors (Lipinski definition) is 1. The molecule has 0 heterocycles. The molecule has 0 aliphatic heterocycles. The second-order valence-corrected chi connectivity index (χ2v) is 6.36. The van der Waals surface area contributed by atoms with Gasteiger partial charge in [0.15, 0.2) is 0 Å². The number of phenols is 1. The summed E-state index contributed by atoms with van der Waals surface area (Å²) in [7, 11) is 0. The second kappa shape index (κ2) is 7.89. The van der Waals surface area contributed by atoms with E-state index in [1.807, 2.05) is 43.3 Å². The summed E-state index contributed by atoms with van der Waals surface area (Å²) in [5, 5.41) is 10.5. The topological polar surface area (TPSA) is 29.5 Å². The van der Waals surface area contributed by atoms with Crippen LogP contribution in [0.15, 0.2) is 66.7 Å². The van der Waals surface area contributed by atoms with E-state index in [-0.39, 0.29) is 0 Å².